The highest BCUT2D eigenvalue weighted by Gasteiger charge is 2.23. The number of hydrogen-bond donors (Lipinski definition) is 1. The Balaban J connectivity index is 1.71. The second-order valence-corrected chi connectivity index (χ2v) is 7.81. The number of benzene rings is 1. The Morgan fingerprint density at radius 1 is 1.14 bits per heavy atom. The molecule has 0 bridgehead atoms. The highest BCUT2D eigenvalue weighted by molar-refractivity contribution is 5.98. The van der Waals surface area contributed by atoms with Gasteiger partial charge in [0.2, 0.25) is 5.91 Å². The average Bonchev–Trinajstić information content (AvgIpc) is 3.16. The molecule has 1 amide bonds. The minimum atomic E-state index is 0.00534. The van der Waals surface area contributed by atoms with Gasteiger partial charge in [-0.2, -0.15) is 4.98 Å². The molecule has 1 saturated heterocycles. The number of rotatable bonds is 6. The average molecular weight is 393 g/mol. The van der Waals surface area contributed by atoms with E-state index in [1.54, 1.807) is 0 Å². The number of carbonyl (C=O) groups excluding carboxylic acids is 1. The molecule has 0 spiro atoms. The van der Waals surface area contributed by atoms with Gasteiger partial charge in [0.25, 0.3) is 5.71 Å². The van der Waals surface area contributed by atoms with Crippen molar-refractivity contribution in [3.8, 4) is 11.3 Å². The van der Waals surface area contributed by atoms with Gasteiger partial charge in [-0.1, -0.05) is 35.5 Å². The Bertz CT molecular complexity index is 978. The Hall–Kier alpha value is -2.96. The van der Waals surface area contributed by atoms with Crippen molar-refractivity contribution in [2.45, 2.75) is 52.0 Å². The van der Waals surface area contributed by atoms with Crippen LogP contribution in [-0.2, 0) is 11.2 Å². The number of carbonyl (C=O) groups is 1. The quantitative estimate of drug-likeness (QED) is 0.687. The van der Waals surface area contributed by atoms with Crippen LogP contribution in [0.1, 0.15) is 45.4 Å². The highest BCUT2D eigenvalue weighted by Crippen LogP contribution is 2.34. The van der Waals surface area contributed by atoms with Crippen LogP contribution in [0.2, 0.25) is 0 Å². The third-order valence-electron chi connectivity index (χ3n) is 5.09. The van der Waals surface area contributed by atoms with Gasteiger partial charge < -0.3 is 14.7 Å². The molecule has 1 aromatic carbocycles. The van der Waals surface area contributed by atoms with Crippen molar-refractivity contribution in [3.05, 3.63) is 36.2 Å². The molecule has 3 aromatic rings. The summed E-state index contributed by atoms with van der Waals surface area (Å²) in [4.78, 5) is 23.8. The first-order valence-electron chi connectivity index (χ1n) is 10.4. The van der Waals surface area contributed by atoms with Gasteiger partial charge in [0.05, 0.1) is 0 Å². The second kappa shape index (κ2) is 8.59. The van der Waals surface area contributed by atoms with Crippen LogP contribution in [0.4, 0.5) is 5.82 Å². The third kappa shape index (κ3) is 4.39. The highest BCUT2D eigenvalue weighted by atomic mass is 16.5. The molecule has 0 radical (unpaired) electrons. The fourth-order valence-electron chi connectivity index (χ4n) is 3.74. The van der Waals surface area contributed by atoms with Crippen LogP contribution in [0.5, 0.6) is 0 Å². The lowest BCUT2D eigenvalue weighted by Crippen LogP contribution is -2.31. The number of amides is 1. The van der Waals surface area contributed by atoms with Crippen molar-refractivity contribution < 1.29 is 9.32 Å². The van der Waals surface area contributed by atoms with E-state index in [-0.39, 0.29) is 11.9 Å². The van der Waals surface area contributed by atoms with E-state index in [0.29, 0.717) is 24.4 Å². The monoisotopic (exact) mass is 393 g/mol. The number of aromatic nitrogens is 3. The number of hydrogen-bond acceptors (Lipinski definition) is 6. The van der Waals surface area contributed by atoms with Crippen molar-refractivity contribution in [2.24, 2.45) is 0 Å². The molecule has 29 heavy (non-hydrogen) atoms. The normalized spacial score (nSPS) is 14.5. The summed E-state index contributed by atoms with van der Waals surface area (Å²) < 4.78 is 5.62. The first-order valence-corrected chi connectivity index (χ1v) is 10.4. The number of nitrogens with one attached hydrogen (secondary N) is 1. The molecule has 0 aliphatic carbocycles. The Morgan fingerprint density at radius 2 is 1.90 bits per heavy atom. The summed E-state index contributed by atoms with van der Waals surface area (Å²) in [6, 6.07) is 10.1. The molecule has 0 atom stereocenters. The zero-order chi connectivity index (χ0) is 20.2. The van der Waals surface area contributed by atoms with E-state index in [2.05, 4.69) is 20.4 Å². The Kier molecular flexibility index (Phi) is 5.74. The van der Waals surface area contributed by atoms with E-state index in [1.165, 1.54) is 6.42 Å². The molecule has 0 unspecified atom stereocenters. The van der Waals surface area contributed by atoms with E-state index >= 15 is 0 Å². The van der Waals surface area contributed by atoms with Crippen LogP contribution in [0.3, 0.4) is 0 Å². The number of fused-ring (bicyclic) bond motifs is 1. The van der Waals surface area contributed by atoms with Crippen molar-refractivity contribution in [1.29, 1.82) is 0 Å². The van der Waals surface area contributed by atoms with E-state index in [0.717, 1.165) is 48.4 Å². The van der Waals surface area contributed by atoms with E-state index in [4.69, 9.17) is 9.51 Å². The first-order chi connectivity index (χ1) is 14.1. The van der Waals surface area contributed by atoms with Crippen molar-refractivity contribution in [2.75, 3.05) is 18.0 Å². The fraction of sp³-hybridized carbons (Fsp3) is 0.455. The van der Waals surface area contributed by atoms with Gasteiger partial charge in [-0.05, 0) is 33.1 Å². The summed E-state index contributed by atoms with van der Waals surface area (Å²) in [5.74, 6) is 1.49. The molecule has 0 saturated carbocycles. The van der Waals surface area contributed by atoms with Crippen LogP contribution in [0, 0.1) is 0 Å². The molecule has 7 heteroatoms. The van der Waals surface area contributed by atoms with Crippen molar-refractivity contribution >= 4 is 22.8 Å². The lowest BCUT2D eigenvalue weighted by Gasteiger charge is -2.28. The van der Waals surface area contributed by atoms with Gasteiger partial charge in [0.15, 0.2) is 0 Å². The Morgan fingerprint density at radius 3 is 2.62 bits per heavy atom. The first kappa shape index (κ1) is 19.4. The second-order valence-electron chi connectivity index (χ2n) is 7.81. The lowest BCUT2D eigenvalue weighted by atomic mass is 10.1. The van der Waals surface area contributed by atoms with Gasteiger partial charge in [-0.15, -0.1) is 0 Å². The number of anilines is 1. The van der Waals surface area contributed by atoms with E-state index in [1.807, 2.05) is 44.2 Å². The van der Waals surface area contributed by atoms with Crippen LogP contribution < -0.4 is 10.2 Å². The predicted molar refractivity (Wildman–Crippen MR) is 113 cm³/mol. The number of aryl methyl sites for hydroxylation is 1. The summed E-state index contributed by atoms with van der Waals surface area (Å²) in [7, 11) is 0. The van der Waals surface area contributed by atoms with Gasteiger partial charge in [-0.3, -0.25) is 4.79 Å². The van der Waals surface area contributed by atoms with Gasteiger partial charge in [0.1, 0.15) is 22.7 Å². The molecule has 7 nitrogen and oxygen atoms in total. The van der Waals surface area contributed by atoms with Crippen molar-refractivity contribution in [3.63, 3.8) is 0 Å². The molecular formula is C22H27N5O2. The number of piperidine rings is 1. The topological polar surface area (TPSA) is 84.2 Å². The fourth-order valence-corrected chi connectivity index (χ4v) is 3.74. The summed E-state index contributed by atoms with van der Waals surface area (Å²) in [5, 5.41) is 8.08. The molecule has 1 aliphatic rings. The van der Waals surface area contributed by atoms with Gasteiger partial charge >= 0.3 is 0 Å². The van der Waals surface area contributed by atoms with Crippen LogP contribution in [-0.4, -0.2) is 40.2 Å². The summed E-state index contributed by atoms with van der Waals surface area (Å²) in [6.45, 7) is 5.82. The van der Waals surface area contributed by atoms with Crippen LogP contribution in [0.25, 0.3) is 22.4 Å². The molecule has 1 aliphatic heterocycles. The summed E-state index contributed by atoms with van der Waals surface area (Å²) >= 11 is 0. The molecule has 1 fully saturated rings. The molecule has 2 aromatic heterocycles. The molecule has 1 N–H and O–H groups in total. The maximum absolute atomic E-state index is 12.1. The van der Waals surface area contributed by atoms with Crippen LogP contribution in [0.15, 0.2) is 34.9 Å². The third-order valence-corrected chi connectivity index (χ3v) is 5.09. The zero-order valence-corrected chi connectivity index (χ0v) is 17.0. The SMILES string of the molecule is CC(C)NC(=O)CCc1nc(N2CCCCC2)c2c(-c3ccccc3)noc2n1. The van der Waals surface area contributed by atoms with Crippen LogP contribution >= 0.6 is 0 Å². The minimum Gasteiger partial charge on any atom is -0.356 e. The lowest BCUT2D eigenvalue weighted by molar-refractivity contribution is -0.121. The summed E-state index contributed by atoms with van der Waals surface area (Å²) in [6.07, 6.45) is 4.34. The maximum atomic E-state index is 12.1. The maximum Gasteiger partial charge on any atom is 0.263 e. The van der Waals surface area contributed by atoms with E-state index < -0.39 is 0 Å². The Labute approximate surface area is 170 Å². The largest absolute Gasteiger partial charge is 0.356 e. The van der Waals surface area contributed by atoms with Gasteiger partial charge in [-0.25, -0.2) is 4.98 Å². The molecule has 4 rings (SSSR count). The van der Waals surface area contributed by atoms with Crippen molar-refractivity contribution in [1.82, 2.24) is 20.4 Å². The van der Waals surface area contributed by atoms with Gasteiger partial charge in [0, 0.05) is 37.5 Å². The molecular weight excluding hydrogens is 366 g/mol. The molecule has 152 valence electrons. The van der Waals surface area contributed by atoms with E-state index in [9.17, 15) is 4.79 Å². The smallest absolute Gasteiger partial charge is 0.263 e. The minimum absolute atomic E-state index is 0.00534. The summed E-state index contributed by atoms with van der Waals surface area (Å²) in [5.41, 5.74) is 2.24. The number of nitrogens with zero attached hydrogens (tertiary/aromatic N) is 4. The zero-order valence-electron chi connectivity index (χ0n) is 17.0. The molecule has 3 heterocycles. The predicted octanol–water partition coefficient (Wildman–Crippen LogP) is 3.73. The standard InChI is InChI=1S/C22H27N5O2/c1-15(2)23-18(28)12-11-17-24-21(27-13-7-4-8-14-27)19-20(26-29-22(19)25-17)16-9-5-3-6-10-16/h3,5-6,9-10,15H,4,7-8,11-14H2,1-2H3,(H,23,28).